The van der Waals surface area contributed by atoms with E-state index in [2.05, 4.69) is 36.4 Å². The van der Waals surface area contributed by atoms with Gasteiger partial charge < -0.3 is 9.47 Å². The van der Waals surface area contributed by atoms with Crippen LogP contribution < -0.4 is 9.47 Å². The Labute approximate surface area is 131 Å². The molecule has 0 aliphatic rings. The first kappa shape index (κ1) is 14.2. The molecule has 0 aromatic heterocycles. The number of rotatable bonds is 4. The van der Waals surface area contributed by atoms with Gasteiger partial charge in [0.15, 0.2) is 0 Å². The van der Waals surface area contributed by atoms with Crippen molar-refractivity contribution in [1.29, 1.82) is 0 Å². The molecule has 3 aromatic carbocycles. The van der Waals surface area contributed by atoms with Crippen molar-refractivity contribution < 1.29 is 9.47 Å². The van der Waals surface area contributed by atoms with Crippen molar-refractivity contribution in [2.75, 3.05) is 14.2 Å². The highest BCUT2D eigenvalue weighted by molar-refractivity contribution is 5.83. The molecule has 2 nitrogen and oxygen atoms in total. The molecule has 109 valence electrons. The highest BCUT2D eigenvalue weighted by Gasteiger charge is 2.07. The maximum absolute atomic E-state index is 5.22. The summed E-state index contributed by atoms with van der Waals surface area (Å²) < 4.78 is 10.4. The molecule has 0 bridgehead atoms. The molecule has 0 unspecified atom stereocenters. The third-order valence-corrected chi connectivity index (χ3v) is 3.64. The van der Waals surface area contributed by atoms with Crippen LogP contribution in [0.2, 0.25) is 0 Å². The van der Waals surface area contributed by atoms with E-state index in [4.69, 9.17) is 9.47 Å². The molecule has 0 N–H and O–H groups in total. The maximum Gasteiger partial charge on any atom is 0.118 e. The minimum atomic E-state index is 0.852. The highest BCUT2D eigenvalue weighted by atomic mass is 16.5. The van der Waals surface area contributed by atoms with Gasteiger partial charge in [0.1, 0.15) is 11.5 Å². The van der Waals surface area contributed by atoms with Gasteiger partial charge in [0.25, 0.3) is 0 Å². The molecule has 0 saturated heterocycles. The van der Waals surface area contributed by atoms with Crippen LogP contribution >= 0.6 is 0 Å². The fraction of sp³-hybridized carbons (Fsp3) is 0.100. The van der Waals surface area contributed by atoms with Gasteiger partial charge >= 0.3 is 0 Å². The lowest BCUT2D eigenvalue weighted by Gasteiger charge is -2.11. The van der Waals surface area contributed by atoms with E-state index in [-0.39, 0.29) is 0 Å². The second kappa shape index (κ2) is 6.35. The number of benzene rings is 3. The first-order chi connectivity index (χ1) is 10.8. The molecule has 0 atom stereocenters. The standard InChI is InChI=1S/C20H17O2/c1-21-17-11-7-15(8-12-17)19-5-3-4-6-20(19)16-9-13-18(22-2)14-10-16/h3-5,7-14H,1-2H3. The summed E-state index contributed by atoms with van der Waals surface area (Å²) in [5.41, 5.74) is 4.49. The molecule has 0 aliphatic carbocycles. The number of ether oxygens (including phenoxy) is 2. The zero-order valence-electron chi connectivity index (χ0n) is 12.7. The van der Waals surface area contributed by atoms with E-state index in [1.807, 2.05) is 36.4 Å². The van der Waals surface area contributed by atoms with E-state index < -0.39 is 0 Å². The molecule has 0 aliphatic heterocycles. The van der Waals surface area contributed by atoms with Crippen molar-refractivity contribution in [3.05, 3.63) is 72.8 Å². The minimum absolute atomic E-state index is 0.852. The van der Waals surface area contributed by atoms with E-state index in [0.717, 1.165) is 33.8 Å². The van der Waals surface area contributed by atoms with E-state index in [9.17, 15) is 0 Å². The molecule has 0 saturated carbocycles. The van der Waals surface area contributed by atoms with Crippen LogP contribution in [0.5, 0.6) is 11.5 Å². The molecule has 2 heteroatoms. The molecule has 0 amide bonds. The first-order valence-corrected chi connectivity index (χ1v) is 7.11. The van der Waals surface area contributed by atoms with Crippen LogP contribution in [0.15, 0.2) is 66.7 Å². The van der Waals surface area contributed by atoms with Gasteiger partial charge in [-0.25, -0.2) is 0 Å². The summed E-state index contributed by atoms with van der Waals surface area (Å²) in [6.45, 7) is 0. The van der Waals surface area contributed by atoms with Gasteiger partial charge in [-0.05, 0) is 52.6 Å². The molecule has 1 radical (unpaired) electrons. The summed E-state index contributed by atoms with van der Waals surface area (Å²) in [6, 6.07) is 25.5. The smallest absolute Gasteiger partial charge is 0.118 e. The van der Waals surface area contributed by atoms with Gasteiger partial charge in [-0.3, -0.25) is 0 Å². The number of methoxy groups -OCH3 is 2. The molecule has 0 spiro atoms. The van der Waals surface area contributed by atoms with E-state index >= 15 is 0 Å². The lowest BCUT2D eigenvalue weighted by atomic mass is 9.94. The zero-order valence-corrected chi connectivity index (χ0v) is 12.7. The summed E-state index contributed by atoms with van der Waals surface area (Å²) in [5.74, 6) is 1.71. The van der Waals surface area contributed by atoms with Gasteiger partial charge in [-0.1, -0.05) is 42.5 Å². The summed E-state index contributed by atoms with van der Waals surface area (Å²) >= 11 is 0. The average Bonchev–Trinajstić information content (AvgIpc) is 2.62. The van der Waals surface area contributed by atoms with E-state index in [1.165, 1.54) is 0 Å². The van der Waals surface area contributed by atoms with Gasteiger partial charge in [0, 0.05) is 0 Å². The van der Waals surface area contributed by atoms with Crippen molar-refractivity contribution in [3.63, 3.8) is 0 Å². The van der Waals surface area contributed by atoms with Crippen LogP contribution in [-0.2, 0) is 0 Å². The Balaban J connectivity index is 2.04. The molecule has 22 heavy (non-hydrogen) atoms. The van der Waals surface area contributed by atoms with Gasteiger partial charge in [0.05, 0.1) is 14.2 Å². The molecule has 3 rings (SSSR count). The van der Waals surface area contributed by atoms with E-state index in [0.29, 0.717) is 0 Å². The third kappa shape index (κ3) is 2.82. The van der Waals surface area contributed by atoms with Crippen molar-refractivity contribution in [2.24, 2.45) is 0 Å². The molecular formula is C20H17O2. The van der Waals surface area contributed by atoms with Crippen molar-refractivity contribution in [1.82, 2.24) is 0 Å². The maximum atomic E-state index is 5.22. The summed E-state index contributed by atoms with van der Waals surface area (Å²) in [6.07, 6.45) is 0. The Morgan fingerprint density at radius 2 is 1.23 bits per heavy atom. The van der Waals surface area contributed by atoms with Crippen molar-refractivity contribution in [2.45, 2.75) is 0 Å². The van der Waals surface area contributed by atoms with Crippen molar-refractivity contribution in [3.8, 4) is 33.8 Å². The first-order valence-electron chi connectivity index (χ1n) is 7.11. The molecule has 0 heterocycles. The Hall–Kier alpha value is -2.74. The Bertz CT molecular complexity index is 677. The SMILES string of the molecule is COc1ccc(-c2[c]cccc2-c2ccc(OC)cc2)cc1. The van der Waals surface area contributed by atoms with Crippen molar-refractivity contribution >= 4 is 0 Å². The number of hydrogen-bond acceptors (Lipinski definition) is 2. The number of hydrogen-bond donors (Lipinski definition) is 0. The Morgan fingerprint density at radius 1 is 0.682 bits per heavy atom. The van der Waals surface area contributed by atoms with Crippen LogP contribution in [0.25, 0.3) is 22.3 Å². The van der Waals surface area contributed by atoms with Crippen LogP contribution in [0.3, 0.4) is 0 Å². The Morgan fingerprint density at radius 3 is 1.77 bits per heavy atom. The highest BCUT2D eigenvalue weighted by Crippen LogP contribution is 2.33. The fourth-order valence-corrected chi connectivity index (χ4v) is 2.44. The van der Waals surface area contributed by atoms with Gasteiger partial charge in [0.2, 0.25) is 0 Å². The van der Waals surface area contributed by atoms with Crippen LogP contribution in [0.4, 0.5) is 0 Å². The normalized spacial score (nSPS) is 10.3. The molecular weight excluding hydrogens is 272 g/mol. The monoisotopic (exact) mass is 289 g/mol. The van der Waals surface area contributed by atoms with Gasteiger partial charge in [-0.15, -0.1) is 0 Å². The zero-order chi connectivity index (χ0) is 15.4. The second-order valence-electron chi connectivity index (χ2n) is 4.92. The third-order valence-electron chi connectivity index (χ3n) is 3.64. The van der Waals surface area contributed by atoms with Crippen LogP contribution in [0, 0.1) is 6.07 Å². The van der Waals surface area contributed by atoms with Gasteiger partial charge in [-0.2, -0.15) is 0 Å². The lowest BCUT2D eigenvalue weighted by molar-refractivity contribution is 0.414. The van der Waals surface area contributed by atoms with E-state index in [1.54, 1.807) is 14.2 Å². The average molecular weight is 289 g/mol. The van der Waals surface area contributed by atoms with Crippen LogP contribution in [0.1, 0.15) is 0 Å². The minimum Gasteiger partial charge on any atom is -0.497 e. The topological polar surface area (TPSA) is 18.5 Å². The lowest BCUT2D eigenvalue weighted by Crippen LogP contribution is -1.87. The fourth-order valence-electron chi connectivity index (χ4n) is 2.44. The second-order valence-corrected chi connectivity index (χ2v) is 4.92. The largest absolute Gasteiger partial charge is 0.497 e. The quantitative estimate of drug-likeness (QED) is 0.684. The summed E-state index contributed by atoms with van der Waals surface area (Å²) in [5, 5.41) is 0. The molecule has 3 aromatic rings. The summed E-state index contributed by atoms with van der Waals surface area (Å²) in [4.78, 5) is 0. The predicted molar refractivity (Wildman–Crippen MR) is 89.3 cm³/mol. The van der Waals surface area contributed by atoms with Crippen LogP contribution in [-0.4, -0.2) is 14.2 Å². The summed E-state index contributed by atoms with van der Waals surface area (Å²) in [7, 11) is 3.35. The molecule has 0 fully saturated rings. The Kier molecular flexibility index (Phi) is 4.10. The predicted octanol–water partition coefficient (Wildman–Crippen LogP) is 4.84.